The molecular weight excluding hydrogens is 206 g/mol. The average molecular weight is 225 g/mol. The number of amides is 1. The Morgan fingerprint density at radius 1 is 1.25 bits per heavy atom. The van der Waals surface area contributed by atoms with E-state index < -0.39 is 5.97 Å². The fourth-order valence-electron chi connectivity index (χ4n) is 0.893. The molecule has 90 valence electrons. The van der Waals surface area contributed by atoms with E-state index in [1.165, 1.54) is 20.1 Å². The lowest BCUT2D eigenvalue weighted by Crippen LogP contribution is -2.25. The zero-order valence-corrected chi connectivity index (χ0v) is 10.5. The summed E-state index contributed by atoms with van der Waals surface area (Å²) in [6.45, 7) is 7.44. The molecule has 0 aromatic rings. The van der Waals surface area contributed by atoms with Gasteiger partial charge < -0.3 is 10.1 Å². The number of hydrogen-bond donors (Lipinski definition) is 1. The summed E-state index contributed by atoms with van der Waals surface area (Å²) in [5.41, 5.74) is 0.157. The zero-order valence-electron chi connectivity index (χ0n) is 10.5. The van der Waals surface area contributed by atoms with Gasteiger partial charge in [0.25, 0.3) is 0 Å². The molecule has 4 heteroatoms. The van der Waals surface area contributed by atoms with Crippen molar-refractivity contribution in [1.29, 1.82) is 0 Å². The number of carbonyl (C=O) groups is 2. The Bertz CT molecular complexity index is 322. The van der Waals surface area contributed by atoms with Crippen molar-refractivity contribution in [2.24, 2.45) is 5.41 Å². The molecule has 0 aliphatic rings. The summed E-state index contributed by atoms with van der Waals surface area (Å²) < 4.78 is 4.54. The van der Waals surface area contributed by atoms with Crippen LogP contribution >= 0.6 is 0 Å². The van der Waals surface area contributed by atoms with Crippen LogP contribution in [0.1, 0.15) is 27.7 Å². The molecule has 0 saturated heterocycles. The van der Waals surface area contributed by atoms with Crippen molar-refractivity contribution in [3.63, 3.8) is 0 Å². The first-order valence-electron chi connectivity index (χ1n) is 5.01. The fourth-order valence-corrected chi connectivity index (χ4v) is 0.893. The fraction of sp³-hybridized carbons (Fsp3) is 0.500. The summed E-state index contributed by atoms with van der Waals surface area (Å²) in [4.78, 5) is 22.1. The lowest BCUT2D eigenvalue weighted by molar-refractivity contribution is -0.137. The monoisotopic (exact) mass is 225 g/mol. The second-order valence-corrected chi connectivity index (χ2v) is 4.48. The molecule has 1 N–H and O–H groups in total. The Morgan fingerprint density at radius 3 is 2.19 bits per heavy atom. The molecule has 0 aromatic carbocycles. The summed E-state index contributed by atoms with van der Waals surface area (Å²) in [6.07, 6.45) is 5.18. The second kappa shape index (κ2) is 6.10. The SMILES string of the molecule is COC(=O)/C(=C/C=C/C(C)(C)C)NC(C)=O. The van der Waals surface area contributed by atoms with E-state index in [1.54, 1.807) is 6.08 Å². The number of esters is 1. The van der Waals surface area contributed by atoms with Crippen LogP contribution in [0.3, 0.4) is 0 Å². The van der Waals surface area contributed by atoms with E-state index in [4.69, 9.17) is 0 Å². The molecule has 0 aliphatic carbocycles. The Morgan fingerprint density at radius 2 is 1.81 bits per heavy atom. The highest BCUT2D eigenvalue weighted by Crippen LogP contribution is 2.14. The molecule has 0 heterocycles. The van der Waals surface area contributed by atoms with Gasteiger partial charge in [-0.15, -0.1) is 0 Å². The zero-order chi connectivity index (χ0) is 12.8. The molecule has 0 rings (SSSR count). The quantitative estimate of drug-likeness (QED) is 0.452. The molecule has 0 saturated carbocycles. The smallest absolute Gasteiger partial charge is 0.354 e. The molecule has 0 aromatic heterocycles. The van der Waals surface area contributed by atoms with E-state index in [-0.39, 0.29) is 17.0 Å². The molecule has 0 spiro atoms. The van der Waals surface area contributed by atoms with Crippen molar-refractivity contribution in [3.05, 3.63) is 23.9 Å². The van der Waals surface area contributed by atoms with Crippen molar-refractivity contribution < 1.29 is 14.3 Å². The third-order valence-corrected chi connectivity index (χ3v) is 1.58. The first-order chi connectivity index (χ1) is 7.26. The predicted octanol–water partition coefficient (Wildman–Crippen LogP) is 1.78. The van der Waals surface area contributed by atoms with Crippen molar-refractivity contribution in [2.45, 2.75) is 27.7 Å². The van der Waals surface area contributed by atoms with Gasteiger partial charge in [0.05, 0.1) is 7.11 Å². The summed E-state index contributed by atoms with van der Waals surface area (Å²) in [7, 11) is 1.27. The van der Waals surface area contributed by atoms with Crippen LogP contribution in [0.2, 0.25) is 0 Å². The van der Waals surface area contributed by atoms with E-state index in [2.05, 4.69) is 10.1 Å². The molecule has 0 radical (unpaired) electrons. The largest absolute Gasteiger partial charge is 0.464 e. The van der Waals surface area contributed by atoms with Gasteiger partial charge in [0, 0.05) is 6.92 Å². The van der Waals surface area contributed by atoms with Crippen LogP contribution in [-0.2, 0) is 14.3 Å². The van der Waals surface area contributed by atoms with E-state index >= 15 is 0 Å². The van der Waals surface area contributed by atoms with Gasteiger partial charge in [0.15, 0.2) is 0 Å². The number of carbonyl (C=O) groups excluding carboxylic acids is 2. The van der Waals surface area contributed by atoms with Gasteiger partial charge in [-0.25, -0.2) is 4.79 Å². The van der Waals surface area contributed by atoms with Crippen LogP contribution in [0.15, 0.2) is 23.9 Å². The molecule has 0 fully saturated rings. The summed E-state index contributed by atoms with van der Waals surface area (Å²) in [5, 5.41) is 2.41. The molecule has 0 aliphatic heterocycles. The van der Waals surface area contributed by atoms with Crippen LogP contribution in [0, 0.1) is 5.41 Å². The highest BCUT2D eigenvalue weighted by molar-refractivity contribution is 5.93. The summed E-state index contributed by atoms with van der Waals surface area (Å²) >= 11 is 0. The van der Waals surface area contributed by atoms with Gasteiger partial charge in [-0.05, 0) is 11.5 Å². The molecule has 4 nitrogen and oxygen atoms in total. The first-order valence-corrected chi connectivity index (χ1v) is 5.01. The highest BCUT2D eigenvalue weighted by Gasteiger charge is 2.10. The van der Waals surface area contributed by atoms with E-state index in [1.807, 2.05) is 26.8 Å². The Kier molecular flexibility index (Phi) is 5.50. The second-order valence-electron chi connectivity index (χ2n) is 4.48. The minimum atomic E-state index is -0.561. The average Bonchev–Trinajstić information content (AvgIpc) is 2.12. The molecule has 1 amide bonds. The van der Waals surface area contributed by atoms with Gasteiger partial charge >= 0.3 is 5.97 Å². The molecule has 0 unspecified atom stereocenters. The summed E-state index contributed by atoms with van der Waals surface area (Å²) in [5.74, 6) is -0.866. The van der Waals surface area contributed by atoms with Gasteiger partial charge in [-0.1, -0.05) is 32.9 Å². The van der Waals surface area contributed by atoms with Crippen LogP contribution in [-0.4, -0.2) is 19.0 Å². The maximum absolute atomic E-state index is 11.3. The number of ether oxygens (including phenoxy) is 1. The van der Waals surface area contributed by atoms with Gasteiger partial charge in [0.1, 0.15) is 5.70 Å². The molecule has 16 heavy (non-hydrogen) atoms. The van der Waals surface area contributed by atoms with E-state index in [9.17, 15) is 9.59 Å². The summed E-state index contributed by atoms with van der Waals surface area (Å²) in [6, 6.07) is 0. The predicted molar refractivity (Wildman–Crippen MR) is 62.5 cm³/mol. The highest BCUT2D eigenvalue weighted by atomic mass is 16.5. The lowest BCUT2D eigenvalue weighted by atomic mass is 9.96. The number of nitrogens with one attached hydrogen (secondary N) is 1. The van der Waals surface area contributed by atoms with Gasteiger partial charge in [-0.2, -0.15) is 0 Å². The number of methoxy groups -OCH3 is 1. The maximum Gasteiger partial charge on any atom is 0.354 e. The minimum Gasteiger partial charge on any atom is -0.464 e. The third kappa shape index (κ3) is 6.81. The van der Waals surface area contributed by atoms with Gasteiger partial charge in [-0.3, -0.25) is 4.79 Å². The van der Waals surface area contributed by atoms with E-state index in [0.29, 0.717) is 0 Å². The first kappa shape index (κ1) is 14.4. The molecular formula is C12H19NO3. The third-order valence-electron chi connectivity index (χ3n) is 1.58. The van der Waals surface area contributed by atoms with Crippen LogP contribution in [0.25, 0.3) is 0 Å². The van der Waals surface area contributed by atoms with Crippen molar-refractivity contribution in [2.75, 3.05) is 7.11 Å². The topological polar surface area (TPSA) is 55.4 Å². The van der Waals surface area contributed by atoms with E-state index in [0.717, 1.165) is 0 Å². The Labute approximate surface area is 96.4 Å². The lowest BCUT2D eigenvalue weighted by Gasteiger charge is -2.10. The normalized spacial score (nSPS) is 12.7. The minimum absolute atomic E-state index is 0.0218. The molecule has 0 atom stereocenters. The van der Waals surface area contributed by atoms with Gasteiger partial charge in [0.2, 0.25) is 5.91 Å². The van der Waals surface area contributed by atoms with Crippen molar-refractivity contribution in [1.82, 2.24) is 5.32 Å². The Balaban J connectivity index is 4.76. The number of allylic oxidation sites excluding steroid dienone is 3. The van der Waals surface area contributed by atoms with Crippen LogP contribution in [0.5, 0.6) is 0 Å². The maximum atomic E-state index is 11.3. The standard InChI is InChI=1S/C12H19NO3/c1-9(14)13-10(11(15)16-5)7-6-8-12(2,3)4/h6-8H,1-5H3,(H,13,14)/b8-6+,10-7-. The Hall–Kier alpha value is -1.58. The molecule has 0 bridgehead atoms. The number of hydrogen-bond acceptors (Lipinski definition) is 3. The van der Waals surface area contributed by atoms with Crippen LogP contribution in [0.4, 0.5) is 0 Å². The number of rotatable bonds is 3. The van der Waals surface area contributed by atoms with Crippen molar-refractivity contribution in [3.8, 4) is 0 Å². The van der Waals surface area contributed by atoms with Crippen LogP contribution < -0.4 is 5.32 Å². The van der Waals surface area contributed by atoms with Crippen molar-refractivity contribution >= 4 is 11.9 Å².